The molecule has 0 unspecified atom stereocenters. The molecule has 2 aliphatic rings. The fourth-order valence-electron chi connectivity index (χ4n) is 5.48. The van der Waals surface area contributed by atoms with Crippen LogP contribution in [0.1, 0.15) is 102 Å². The molecule has 0 N–H and O–H groups in total. The van der Waals surface area contributed by atoms with Crippen molar-refractivity contribution in [3.8, 4) is 11.8 Å². The number of hydrogen-bond acceptors (Lipinski definition) is 0. The lowest BCUT2D eigenvalue weighted by Crippen LogP contribution is -2.25. The lowest BCUT2D eigenvalue weighted by atomic mass is 9.69. The van der Waals surface area contributed by atoms with Crippen molar-refractivity contribution in [2.24, 2.45) is 23.7 Å². The van der Waals surface area contributed by atoms with E-state index in [1.165, 1.54) is 96.0 Å². The molecule has 2 heteroatoms. The maximum atomic E-state index is 13.3. The minimum Gasteiger partial charge on any atom is -0.204 e. The van der Waals surface area contributed by atoms with Crippen LogP contribution < -0.4 is 0 Å². The minimum absolute atomic E-state index is 0.416. The third-order valence-corrected chi connectivity index (χ3v) is 7.39. The Morgan fingerprint density at radius 3 is 2.10 bits per heavy atom. The predicted molar refractivity (Wildman–Crippen MR) is 118 cm³/mol. The molecular formula is C27H38F2. The molecule has 2 aliphatic carbocycles. The highest BCUT2D eigenvalue weighted by Crippen LogP contribution is 2.42. The van der Waals surface area contributed by atoms with Crippen LogP contribution in [-0.4, -0.2) is 0 Å². The molecule has 0 atom stereocenters. The molecule has 0 nitrogen and oxygen atoms in total. The van der Waals surface area contributed by atoms with Crippen LogP contribution in [0.5, 0.6) is 0 Å². The molecule has 0 saturated heterocycles. The molecule has 0 aliphatic heterocycles. The molecule has 0 amide bonds. The van der Waals surface area contributed by atoms with Gasteiger partial charge in [0.25, 0.3) is 0 Å². The smallest absolute Gasteiger partial charge is 0.160 e. The molecule has 0 spiro atoms. The molecule has 0 aromatic heterocycles. The standard InChI is InChI=1S/C27H38F2/c1-2-3-4-5-6-7-21-10-15-24(16-11-21)25-17-12-22(13-18-25)8-9-23-14-19-26(28)27(29)20-23/h14,19-22,24-25H,2-7,10-13,15-18H2,1H3. The number of halogens is 2. The van der Waals surface area contributed by atoms with Crippen molar-refractivity contribution < 1.29 is 8.78 Å². The Kier molecular flexibility index (Phi) is 9.03. The number of unbranched alkanes of at least 4 members (excludes halogenated alkanes) is 4. The van der Waals surface area contributed by atoms with E-state index >= 15 is 0 Å². The fourth-order valence-corrected chi connectivity index (χ4v) is 5.48. The monoisotopic (exact) mass is 400 g/mol. The second-order valence-corrected chi connectivity index (χ2v) is 9.49. The van der Waals surface area contributed by atoms with E-state index in [0.29, 0.717) is 11.5 Å². The summed E-state index contributed by atoms with van der Waals surface area (Å²) in [6.07, 6.45) is 19.2. The van der Waals surface area contributed by atoms with Crippen molar-refractivity contribution in [2.45, 2.75) is 96.8 Å². The van der Waals surface area contributed by atoms with E-state index in [9.17, 15) is 8.78 Å². The minimum atomic E-state index is -0.808. The van der Waals surface area contributed by atoms with E-state index in [1.807, 2.05) is 0 Å². The Labute approximate surface area is 176 Å². The first-order chi connectivity index (χ1) is 14.2. The summed E-state index contributed by atoms with van der Waals surface area (Å²) >= 11 is 0. The van der Waals surface area contributed by atoms with Crippen LogP contribution in [0.3, 0.4) is 0 Å². The lowest BCUT2D eigenvalue weighted by molar-refractivity contribution is 0.153. The highest BCUT2D eigenvalue weighted by molar-refractivity contribution is 5.35. The lowest BCUT2D eigenvalue weighted by Gasteiger charge is -2.37. The third kappa shape index (κ3) is 7.13. The summed E-state index contributed by atoms with van der Waals surface area (Å²) < 4.78 is 26.3. The Morgan fingerprint density at radius 2 is 1.45 bits per heavy atom. The van der Waals surface area contributed by atoms with Gasteiger partial charge in [-0.05, 0) is 74.5 Å². The number of hydrogen-bond donors (Lipinski definition) is 0. The summed E-state index contributed by atoms with van der Waals surface area (Å²) in [6, 6.07) is 3.94. The van der Waals surface area contributed by atoms with Crippen LogP contribution in [0, 0.1) is 47.1 Å². The number of benzene rings is 1. The van der Waals surface area contributed by atoms with Crippen molar-refractivity contribution in [1.29, 1.82) is 0 Å². The molecule has 0 radical (unpaired) electrons. The maximum Gasteiger partial charge on any atom is 0.160 e. The highest BCUT2D eigenvalue weighted by Gasteiger charge is 2.30. The molecule has 1 aromatic rings. The SMILES string of the molecule is CCCCCCCC1CCC(C2CCC(C#Cc3ccc(F)c(F)c3)CC2)CC1. The molecule has 2 fully saturated rings. The van der Waals surface area contributed by atoms with E-state index in [2.05, 4.69) is 18.8 Å². The zero-order valence-electron chi connectivity index (χ0n) is 18.2. The first kappa shape index (κ1) is 22.3. The van der Waals surface area contributed by atoms with Gasteiger partial charge in [0, 0.05) is 11.5 Å². The zero-order chi connectivity index (χ0) is 20.5. The first-order valence-corrected chi connectivity index (χ1v) is 12.1. The van der Waals surface area contributed by atoms with Crippen molar-refractivity contribution in [2.75, 3.05) is 0 Å². The van der Waals surface area contributed by atoms with Crippen LogP contribution in [0.25, 0.3) is 0 Å². The van der Waals surface area contributed by atoms with E-state index in [1.54, 1.807) is 6.07 Å². The van der Waals surface area contributed by atoms with Gasteiger partial charge in [0.15, 0.2) is 11.6 Å². The highest BCUT2D eigenvalue weighted by atomic mass is 19.2. The molecule has 0 heterocycles. The predicted octanol–water partition coefficient (Wildman–Crippen LogP) is 8.29. The maximum absolute atomic E-state index is 13.3. The van der Waals surface area contributed by atoms with Gasteiger partial charge in [-0.3, -0.25) is 0 Å². The molecular weight excluding hydrogens is 362 g/mol. The zero-order valence-corrected chi connectivity index (χ0v) is 18.2. The van der Waals surface area contributed by atoms with E-state index in [-0.39, 0.29) is 0 Å². The molecule has 29 heavy (non-hydrogen) atoms. The summed E-state index contributed by atoms with van der Waals surface area (Å²) in [5.74, 6) is 7.99. The van der Waals surface area contributed by atoms with Crippen molar-refractivity contribution in [3.63, 3.8) is 0 Å². The van der Waals surface area contributed by atoms with Crippen LogP contribution in [0.4, 0.5) is 8.78 Å². The average Bonchev–Trinajstić information content (AvgIpc) is 2.75. The van der Waals surface area contributed by atoms with Crippen LogP contribution in [-0.2, 0) is 0 Å². The van der Waals surface area contributed by atoms with E-state index < -0.39 is 11.6 Å². The average molecular weight is 401 g/mol. The second kappa shape index (κ2) is 11.7. The van der Waals surface area contributed by atoms with Gasteiger partial charge in [-0.1, -0.05) is 70.1 Å². The summed E-state index contributed by atoms with van der Waals surface area (Å²) in [6.45, 7) is 2.29. The Bertz CT molecular complexity index is 668. The summed E-state index contributed by atoms with van der Waals surface area (Å²) in [5, 5.41) is 0. The second-order valence-electron chi connectivity index (χ2n) is 9.49. The summed E-state index contributed by atoms with van der Waals surface area (Å²) in [5.41, 5.74) is 0.582. The van der Waals surface area contributed by atoms with Gasteiger partial charge in [0.2, 0.25) is 0 Å². The van der Waals surface area contributed by atoms with Crippen molar-refractivity contribution >= 4 is 0 Å². The fraction of sp³-hybridized carbons (Fsp3) is 0.704. The van der Waals surface area contributed by atoms with Gasteiger partial charge in [0.05, 0.1) is 0 Å². The molecule has 160 valence electrons. The van der Waals surface area contributed by atoms with Crippen molar-refractivity contribution in [3.05, 3.63) is 35.4 Å². The third-order valence-electron chi connectivity index (χ3n) is 7.39. The van der Waals surface area contributed by atoms with Crippen LogP contribution >= 0.6 is 0 Å². The van der Waals surface area contributed by atoms with Crippen molar-refractivity contribution in [1.82, 2.24) is 0 Å². The van der Waals surface area contributed by atoms with Crippen LogP contribution in [0.15, 0.2) is 18.2 Å². The largest absolute Gasteiger partial charge is 0.204 e. The van der Waals surface area contributed by atoms with Crippen LogP contribution in [0.2, 0.25) is 0 Å². The first-order valence-electron chi connectivity index (χ1n) is 12.1. The molecule has 0 bridgehead atoms. The molecule has 2 saturated carbocycles. The summed E-state index contributed by atoms with van der Waals surface area (Å²) in [7, 11) is 0. The Balaban J connectivity index is 1.35. The van der Waals surface area contributed by atoms with Gasteiger partial charge in [0.1, 0.15) is 0 Å². The van der Waals surface area contributed by atoms with E-state index in [0.717, 1.165) is 23.8 Å². The summed E-state index contributed by atoms with van der Waals surface area (Å²) in [4.78, 5) is 0. The Morgan fingerprint density at radius 1 is 0.793 bits per heavy atom. The topological polar surface area (TPSA) is 0 Å². The van der Waals surface area contributed by atoms with E-state index in [4.69, 9.17) is 0 Å². The van der Waals surface area contributed by atoms with Gasteiger partial charge in [-0.15, -0.1) is 0 Å². The van der Waals surface area contributed by atoms with Gasteiger partial charge >= 0.3 is 0 Å². The van der Waals surface area contributed by atoms with Gasteiger partial charge in [-0.2, -0.15) is 0 Å². The normalized spacial score (nSPS) is 27.3. The molecule has 1 aromatic carbocycles. The number of rotatable bonds is 7. The van der Waals surface area contributed by atoms with Gasteiger partial charge in [-0.25, -0.2) is 8.78 Å². The van der Waals surface area contributed by atoms with Gasteiger partial charge < -0.3 is 0 Å². The quantitative estimate of drug-likeness (QED) is 0.319. The Hall–Kier alpha value is -1.36. The molecule has 3 rings (SSSR count).